The van der Waals surface area contributed by atoms with Crippen molar-refractivity contribution in [1.82, 2.24) is 0 Å². The molecule has 0 aliphatic carbocycles. The number of benzene rings is 2. The van der Waals surface area contributed by atoms with Crippen molar-refractivity contribution < 1.29 is 9.53 Å². The lowest BCUT2D eigenvalue weighted by Gasteiger charge is -2.12. The molecule has 0 amide bonds. The average molecular weight is 258 g/mol. The van der Waals surface area contributed by atoms with Crippen molar-refractivity contribution in [3.63, 3.8) is 0 Å². The molecule has 0 spiro atoms. The Morgan fingerprint density at radius 2 is 1.67 bits per heavy atom. The van der Waals surface area contributed by atoms with E-state index in [1.165, 1.54) is 0 Å². The summed E-state index contributed by atoms with van der Waals surface area (Å²) >= 11 is 3.85. The number of carbonyl (C=O) groups excluding carboxylic acids is 1. The van der Waals surface area contributed by atoms with E-state index in [-0.39, 0.29) is 5.12 Å². The smallest absolute Gasteiger partial charge is 0.190 e. The molecule has 2 nitrogen and oxygen atoms in total. The minimum atomic E-state index is -0.141. The van der Waals surface area contributed by atoms with Crippen LogP contribution in [0.5, 0.6) is 5.75 Å². The standard InChI is InChI=1S/C15H14O2S/c1-17-14-9-5-4-8-13(14)12-7-3-2-6-11(12)10-15(16)18/h2-9H,10H2,1H3,(H,16,18). The van der Waals surface area contributed by atoms with Gasteiger partial charge in [0, 0.05) is 12.0 Å². The Bertz CT molecular complexity index is 564. The molecule has 0 fully saturated rings. The van der Waals surface area contributed by atoms with Crippen LogP contribution in [0.25, 0.3) is 11.1 Å². The summed E-state index contributed by atoms with van der Waals surface area (Å²) in [6, 6.07) is 15.6. The molecule has 2 aromatic rings. The van der Waals surface area contributed by atoms with Gasteiger partial charge in [0.05, 0.1) is 7.11 Å². The lowest BCUT2D eigenvalue weighted by atomic mass is 9.97. The summed E-state index contributed by atoms with van der Waals surface area (Å²) < 4.78 is 5.36. The summed E-state index contributed by atoms with van der Waals surface area (Å²) in [4.78, 5) is 11.2. The van der Waals surface area contributed by atoms with Crippen molar-refractivity contribution in [1.29, 1.82) is 0 Å². The fourth-order valence-electron chi connectivity index (χ4n) is 1.97. The molecule has 2 aromatic carbocycles. The van der Waals surface area contributed by atoms with Crippen molar-refractivity contribution in [2.75, 3.05) is 7.11 Å². The number of methoxy groups -OCH3 is 1. The molecule has 0 saturated heterocycles. The Hall–Kier alpha value is -1.74. The molecule has 0 aliphatic rings. The largest absolute Gasteiger partial charge is 0.496 e. The maximum Gasteiger partial charge on any atom is 0.190 e. The van der Waals surface area contributed by atoms with Crippen molar-refractivity contribution in [3.8, 4) is 16.9 Å². The van der Waals surface area contributed by atoms with Crippen LogP contribution in [-0.4, -0.2) is 12.2 Å². The molecule has 0 radical (unpaired) electrons. The molecular formula is C15H14O2S. The van der Waals surface area contributed by atoms with Crippen LogP contribution in [0.1, 0.15) is 5.56 Å². The van der Waals surface area contributed by atoms with Crippen LogP contribution in [0, 0.1) is 0 Å². The first-order valence-corrected chi connectivity index (χ1v) is 6.10. The molecule has 18 heavy (non-hydrogen) atoms. The van der Waals surface area contributed by atoms with Crippen molar-refractivity contribution in [2.45, 2.75) is 6.42 Å². The first-order chi connectivity index (χ1) is 8.72. The molecule has 0 aliphatic heterocycles. The predicted molar refractivity (Wildman–Crippen MR) is 76.1 cm³/mol. The number of hydrogen-bond acceptors (Lipinski definition) is 2. The normalized spacial score (nSPS) is 10.1. The van der Waals surface area contributed by atoms with Crippen molar-refractivity contribution in [2.24, 2.45) is 0 Å². The fraction of sp³-hybridized carbons (Fsp3) is 0.133. The Morgan fingerprint density at radius 1 is 1.06 bits per heavy atom. The van der Waals surface area contributed by atoms with Gasteiger partial charge < -0.3 is 4.74 Å². The Labute approximate surface area is 112 Å². The van der Waals surface area contributed by atoms with Crippen LogP contribution < -0.4 is 4.74 Å². The lowest BCUT2D eigenvalue weighted by Crippen LogP contribution is -1.97. The highest BCUT2D eigenvalue weighted by Gasteiger charge is 2.10. The van der Waals surface area contributed by atoms with E-state index in [2.05, 4.69) is 12.6 Å². The molecule has 0 unspecified atom stereocenters. The molecule has 3 heteroatoms. The summed E-state index contributed by atoms with van der Waals surface area (Å²) in [7, 11) is 1.64. The van der Waals surface area contributed by atoms with Gasteiger partial charge in [0.25, 0.3) is 0 Å². The lowest BCUT2D eigenvalue weighted by molar-refractivity contribution is -0.110. The van der Waals surface area contributed by atoms with Crippen molar-refractivity contribution >= 4 is 17.7 Å². The van der Waals surface area contributed by atoms with Gasteiger partial charge in [-0.2, -0.15) is 0 Å². The summed E-state index contributed by atoms with van der Waals surface area (Å²) in [5.74, 6) is 0.802. The van der Waals surface area contributed by atoms with E-state index in [1.54, 1.807) is 7.11 Å². The number of hydrogen-bond donors (Lipinski definition) is 1. The topological polar surface area (TPSA) is 26.3 Å². The van der Waals surface area contributed by atoms with Crippen LogP contribution in [0.4, 0.5) is 0 Å². The molecule has 0 saturated carbocycles. The zero-order valence-electron chi connectivity index (χ0n) is 10.1. The summed E-state index contributed by atoms with van der Waals surface area (Å²) in [5, 5.41) is -0.141. The number of para-hydroxylation sites is 1. The highest BCUT2D eigenvalue weighted by atomic mass is 32.1. The molecule has 92 valence electrons. The third-order valence-electron chi connectivity index (χ3n) is 2.76. The SMILES string of the molecule is COc1ccccc1-c1ccccc1CC(=O)S. The molecule has 0 N–H and O–H groups in total. The second-order valence-electron chi connectivity index (χ2n) is 3.93. The molecule has 0 bridgehead atoms. The first kappa shape index (κ1) is 12.7. The Morgan fingerprint density at radius 3 is 2.33 bits per heavy atom. The number of ether oxygens (including phenoxy) is 1. The van der Waals surface area contributed by atoms with Gasteiger partial charge in [-0.05, 0) is 17.2 Å². The van der Waals surface area contributed by atoms with E-state index >= 15 is 0 Å². The number of rotatable bonds is 4. The third-order valence-corrected chi connectivity index (χ3v) is 2.91. The summed E-state index contributed by atoms with van der Waals surface area (Å²) in [6.45, 7) is 0. The predicted octanol–water partition coefficient (Wildman–Crippen LogP) is 3.36. The molecule has 0 aromatic heterocycles. The Kier molecular flexibility index (Phi) is 4.05. The van der Waals surface area contributed by atoms with E-state index in [9.17, 15) is 4.79 Å². The minimum Gasteiger partial charge on any atom is -0.496 e. The van der Waals surface area contributed by atoms with Gasteiger partial charge in [-0.25, -0.2) is 0 Å². The molecule has 2 rings (SSSR count). The van der Waals surface area contributed by atoms with Gasteiger partial charge in [0.2, 0.25) is 0 Å². The van der Waals surface area contributed by atoms with Gasteiger partial charge in [0.15, 0.2) is 5.12 Å². The van der Waals surface area contributed by atoms with Gasteiger partial charge in [-0.15, -0.1) is 12.6 Å². The zero-order valence-corrected chi connectivity index (χ0v) is 11.0. The monoisotopic (exact) mass is 258 g/mol. The van der Waals surface area contributed by atoms with E-state index < -0.39 is 0 Å². The quantitative estimate of drug-likeness (QED) is 0.851. The first-order valence-electron chi connectivity index (χ1n) is 5.65. The second kappa shape index (κ2) is 5.74. The Balaban J connectivity index is 2.53. The minimum absolute atomic E-state index is 0.141. The van der Waals surface area contributed by atoms with Crippen molar-refractivity contribution in [3.05, 3.63) is 54.1 Å². The highest BCUT2D eigenvalue weighted by molar-refractivity contribution is 7.96. The third kappa shape index (κ3) is 2.74. The highest BCUT2D eigenvalue weighted by Crippen LogP contribution is 2.32. The van der Waals surface area contributed by atoms with E-state index in [1.807, 2.05) is 48.5 Å². The average Bonchev–Trinajstić information content (AvgIpc) is 2.39. The second-order valence-corrected chi connectivity index (χ2v) is 4.43. The maximum atomic E-state index is 11.2. The molecule has 0 heterocycles. The fourth-order valence-corrected chi connectivity index (χ4v) is 2.14. The summed E-state index contributed by atoms with van der Waals surface area (Å²) in [6.07, 6.45) is 0.317. The van der Waals surface area contributed by atoms with Crippen LogP contribution in [0.2, 0.25) is 0 Å². The molecular weight excluding hydrogens is 244 g/mol. The number of carbonyl (C=O) groups is 1. The van der Waals surface area contributed by atoms with Gasteiger partial charge in [-0.3, -0.25) is 4.79 Å². The van der Waals surface area contributed by atoms with Crippen LogP contribution in [-0.2, 0) is 11.2 Å². The maximum absolute atomic E-state index is 11.2. The number of thiol groups is 1. The van der Waals surface area contributed by atoms with Crippen LogP contribution in [0.3, 0.4) is 0 Å². The van der Waals surface area contributed by atoms with Gasteiger partial charge >= 0.3 is 0 Å². The van der Waals surface area contributed by atoms with Crippen LogP contribution in [0.15, 0.2) is 48.5 Å². The van der Waals surface area contributed by atoms with Gasteiger partial charge in [0.1, 0.15) is 5.75 Å². The summed E-state index contributed by atoms with van der Waals surface area (Å²) in [5.41, 5.74) is 2.96. The van der Waals surface area contributed by atoms with E-state index in [0.29, 0.717) is 6.42 Å². The van der Waals surface area contributed by atoms with Gasteiger partial charge in [-0.1, -0.05) is 42.5 Å². The molecule has 0 atom stereocenters. The van der Waals surface area contributed by atoms with E-state index in [4.69, 9.17) is 4.74 Å². The van der Waals surface area contributed by atoms with E-state index in [0.717, 1.165) is 22.4 Å². The zero-order chi connectivity index (χ0) is 13.0. The van der Waals surface area contributed by atoms with Crippen LogP contribution >= 0.6 is 12.6 Å².